The Bertz CT molecular complexity index is 688. The highest BCUT2D eigenvalue weighted by Crippen LogP contribution is 2.16. The van der Waals surface area contributed by atoms with Crippen molar-refractivity contribution in [3.05, 3.63) is 48.3 Å². The molecule has 1 fully saturated rings. The first-order valence-corrected chi connectivity index (χ1v) is 8.04. The molecular formula is C17H21N5O2. The molecule has 3 rings (SSSR count). The molecule has 0 atom stereocenters. The van der Waals surface area contributed by atoms with Crippen LogP contribution in [0.4, 0.5) is 4.79 Å². The van der Waals surface area contributed by atoms with Crippen molar-refractivity contribution in [1.82, 2.24) is 20.0 Å². The van der Waals surface area contributed by atoms with Gasteiger partial charge in [-0.15, -0.1) is 0 Å². The molecule has 0 bridgehead atoms. The quantitative estimate of drug-likeness (QED) is 0.886. The fraction of sp³-hybridized carbons (Fsp3) is 0.353. The monoisotopic (exact) mass is 327 g/mol. The maximum absolute atomic E-state index is 12.2. The third-order valence-corrected chi connectivity index (χ3v) is 4.33. The van der Waals surface area contributed by atoms with E-state index in [0.29, 0.717) is 32.5 Å². The SMILES string of the molecule is NC(=O)C1CCN(C(=O)NCc2ccc(-n3cccn3)cc2)CC1. The molecule has 0 saturated carbocycles. The molecule has 1 aromatic carbocycles. The van der Waals surface area contributed by atoms with Crippen molar-refractivity contribution in [1.29, 1.82) is 0 Å². The van der Waals surface area contributed by atoms with Gasteiger partial charge in [-0.05, 0) is 36.6 Å². The highest BCUT2D eigenvalue weighted by Gasteiger charge is 2.25. The van der Waals surface area contributed by atoms with Gasteiger partial charge < -0.3 is 16.0 Å². The van der Waals surface area contributed by atoms with Crippen molar-refractivity contribution in [3.8, 4) is 5.69 Å². The molecule has 1 aromatic heterocycles. The van der Waals surface area contributed by atoms with E-state index in [9.17, 15) is 9.59 Å². The summed E-state index contributed by atoms with van der Waals surface area (Å²) >= 11 is 0. The second-order valence-corrected chi connectivity index (χ2v) is 5.94. The van der Waals surface area contributed by atoms with Gasteiger partial charge in [-0.1, -0.05) is 12.1 Å². The van der Waals surface area contributed by atoms with Gasteiger partial charge in [0, 0.05) is 37.9 Å². The van der Waals surface area contributed by atoms with Crippen LogP contribution < -0.4 is 11.1 Å². The number of nitrogens with zero attached hydrogens (tertiary/aromatic N) is 3. The van der Waals surface area contributed by atoms with Crippen LogP contribution in [0.2, 0.25) is 0 Å². The molecule has 2 aromatic rings. The number of urea groups is 1. The normalized spacial score (nSPS) is 15.2. The predicted molar refractivity (Wildman–Crippen MR) is 89.3 cm³/mol. The van der Waals surface area contributed by atoms with E-state index in [0.717, 1.165) is 11.3 Å². The highest BCUT2D eigenvalue weighted by molar-refractivity contribution is 5.78. The first kappa shape index (κ1) is 16.0. The third kappa shape index (κ3) is 3.73. The van der Waals surface area contributed by atoms with Gasteiger partial charge in [-0.25, -0.2) is 9.48 Å². The number of hydrogen-bond acceptors (Lipinski definition) is 3. The molecule has 24 heavy (non-hydrogen) atoms. The van der Waals surface area contributed by atoms with Crippen molar-refractivity contribution < 1.29 is 9.59 Å². The summed E-state index contributed by atoms with van der Waals surface area (Å²) in [5, 5.41) is 7.09. The smallest absolute Gasteiger partial charge is 0.317 e. The summed E-state index contributed by atoms with van der Waals surface area (Å²) in [6, 6.07) is 9.64. The minimum Gasteiger partial charge on any atom is -0.369 e. The lowest BCUT2D eigenvalue weighted by Crippen LogP contribution is -2.46. The first-order valence-electron chi connectivity index (χ1n) is 8.04. The van der Waals surface area contributed by atoms with Gasteiger partial charge in [0.2, 0.25) is 5.91 Å². The fourth-order valence-corrected chi connectivity index (χ4v) is 2.84. The molecule has 0 spiro atoms. The molecule has 7 nitrogen and oxygen atoms in total. The molecule has 126 valence electrons. The Morgan fingerprint density at radius 1 is 1.21 bits per heavy atom. The molecule has 2 heterocycles. The Balaban J connectivity index is 1.49. The molecule has 1 saturated heterocycles. The van der Waals surface area contributed by atoms with Crippen LogP contribution >= 0.6 is 0 Å². The zero-order valence-electron chi connectivity index (χ0n) is 13.4. The molecule has 0 unspecified atom stereocenters. The number of piperidine rings is 1. The number of amides is 3. The zero-order chi connectivity index (χ0) is 16.9. The van der Waals surface area contributed by atoms with Crippen LogP contribution in [0.25, 0.3) is 5.69 Å². The molecule has 0 aliphatic carbocycles. The Labute approximate surface area is 140 Å². The molecule has 1 aliphatic heterocycles. The second kappa shape index (κ2) is 7.16. The number of likely N-dealkylation sites (tertiary alicyclic amines) is 1. The standard InChI is InChI=1S/C17H21N5O2/c18-16(23)14-6-10-21(11-7-14)17(24)19-12-13-2-4-15(5-3-13)22-9-1-8-20-22/h1-5,8-9,14H,6-7,10-12H2,(H2,18,23)(H,19,24). The van der Waals surface area contributed by atoms with Gasteiger partial charge in [-0.2, -0.15) is 5.10 Å². The van der Waals surface area contributed by atoms with Crippen LogP contribution in [0, 0.1) is 5.92 Å². The predicted octanol–water partition coefficient (Wildman–Crippen LogP) is 1.28. The maximum Gasteiger partial charge on any atom is 0.317 e. The van der Waals surface area contributed by atoms with E-state index >= 15 is 0 Å². The number of nitrogens with one attached hydrogen (secondary N) is 1. The van der Waals surface area contributed by atoms with E-state index in [1.807, 2.05) is 36.5 Å². The fourth-order valence-electron chi connectivity index (χ4n) is 2.84. The lowest BCUT2D eigenvalue weighted by atomic mass is 9.96. The van der Waals surface area contributed by atoms with Gasteiger partial charge in [0.05, 0.1) is 5.69 Å². The van der Waals surface area contributed by atoms with Crippen LogP contribution in [-0.4, -0.2) is 39.7 Å². The number of carbonyl (C=O) groups is 2. The van der Waals surface area contributed by atoms with Crippen LogP contribution in [0.15, 0.2) is 42.7 Å². The number of carbonyl (C=O) groups excluding carboxylic acids is 2. The average Bonchev–Trinajstić information content (AvgIpc) is 3.15. The number of primary amides is 1. The average molecular weight is 327 g/mol. The lowest BCUT2D eigenvalue weighted by molar-refractivity contribution is -0.123. The number of rotatable bonds is 4. The van der Waals surface area contributed by atoms with Gasteiger partial charge in [0.1, 0.15) is 0 Å². The second-order valence-electron chi connectivity index (χ2n) is 5.94. The summed E-state index contributed by atoms with van der Waals surface area (Å²) in [4.78, 5) is 25.1. The molecule has 7 heteroatoms. The molecule has 3 amide bonds. The summed E-state index contributed by atoms with van der Waals surface area (Å²) in [5.41, 5.74) is 7.30. The van der Waals surface area contributed by atoms with E-state index in [4.69, 9.17) is 5.73 Å². The summed E-state index contributed by atoms with van der Waals surface area (Å²) in [7, 11) is 0. The zero-order valence-corrected chi connectivity index (χ0v) is 13.4. The maximum atomic E-state index is 12.2. The highest BCUT2D eigenvalue weighted by atomic mass is 16.2. The van der Waals surface area contributed by atoms with Crippen LogP contribution in [0.5, 0.6) is 0 Å². The summed E-state index contributed by atoms with van der Waals surface area (Å²) in [6.07, 6.45) is 4.89. The number of benzene rings is 1. The molecule has 1 aliphatic rings. The third-order valence-electron chi connectivity index (χ3n) is 4.33. The van der Waals surface area contributed by atoms with Gasteiger partial charge in [-0.3, -0.25) is 4.79 Å². The van der Waals surface area contributed by atoms with E-state index < -0.39 is 0 Å². The van der Waals surface area contributed by atoms with Crippen LogP contribution in [0.1, 0.15) is 18.4 Å². The first-order chi connectivity index (χ1) is 11.6. The lowest BCUT2D eigenvalue weighted by Gasteiger charge is -2.30. The largest absolute Gasteiger partial charge is 0.369 e. The molecule has 0 radical (unpaired) electrons. The summed E-state index contributed by atoms with van der Waals surface area (Å²) in [6.45, 7) is 1.60. The topological polar surface area (TPSA) is 93.3 Å². The van der Waals surface area contributed by atoms with Crippen molar-refractivity contribution in [3.63, 3.8) is 0 Å². The van der Waals surface area contributed by atoms with Gasteiger partial charge in [0.25, 0.3) is 0 Å². The van der Waals surface area contributed by atoms with Gasteiger partial charge >= 0.3 is 6.03 Å². The van der Waals surface area contributed by atoms with Crippen molar-refractivity contribution in [2.75, 3.05) is 13.1 Å². The van der Waals surface area contributed by atoms with Crippen molar-refractivity contribution in [2.45, 2.75) is 19.4 Å². The number of aromatic nitrogens is 2. The van der Waals surface area contributed by atoms with Crippen LogP contribution in [0.3, 0.4) is 0 Å². The number of nitrogens with two attached hydrogens (primary N) is 1. The minimum atomic E-state index is -0.271. The summed E-state index contributed by atoms with van der Waals surface area (Å²) < 4.78 is 1.78. The Morgan fingerprint density at radius 3 is 2.50 bits per heavy atom. The summed E-state index contributed by atoms with van der Waals surface area (Å²) in [5.74, 6) is -0.378. The van der Waals surface area contributed by atoms with Gasteiger partial charge in [0.15, 0.2) is 0 Å². The van der Waals surface area contributed by atoms with Crippen molar-refractivity contribution >= 4 is 11.9 Å². The van der Waals surface area contributed by atoms with E-state index in [1.54, 1.807) is 15.8 Å². The Morgan fingerprint density at radius 2 is 1.92 bits per heavy atom. The Hall–Kier alpha value is -2.83. The minimum absolute atomic E-state index is 0.103. The molecular weight excluding hydrogens is 306 g/mol. The Kier molecular flexibility index (Phi) is 4.79. The van der Waals surface area contributed by atoms with E-state index in [2.05, 4.69) is 10.4 Å². The van der Waals surface area contributed by atoms with E-state index in [-0.39, 0.29) is 17.9 Å². The molecule has 3 N–H and O–H groups in total. The number of hydrogen-bond donors (Lipinski definition) is 2. The van der Waals surface area contributed by atoms with E-state index in [1.165, 1.54) is 0 Å². The van der Waals surface area contributed by atoms with Crippen molar-refractivity contribution in [2.24, 2.45) is 11.7 Å². The van der Waals surface area contributed by atoms with Crippen LogP contribution in [-0.2, 0) is 11.3 Å².